The first-order valence-electron chi connectivity index (χ1n) is 10.2. The number of azide groups is 1. The van der Waals surface area contributed by atoms with Crippen LogP contribution in [-0.4, -0.2) is 58.2 Å². The van der Waals surface area contributed by atoms with Crippen molar-refractivity contribution in [1.29, 1.82) is 0 Å². The van der Waals surface area contributed by atoms with E-state index >= 15 is 0 Å². The van der Waals surface area contributed by atoms with Crippen LogP contribution in [0.4, 0.5) is 4.79 Å². The van der Waals surface area contributed by atoms with Crippen LogP contribution in [0, 0.1) is 5.92 Å². The Hall–Kier alpha value is -2.48. The van der Waals surface area contributed by atoms with Crippen LogP contribution in [0.25, 0.3) is 10.4 Å². The molecule has 1 saturated carbocycles. The number of carbonyl (C=O) groups excluding carboxylic acids is 2. The van der Waals surface area contributed by atoms with Gasteiger partial charge in [0.05, 0.1) is 6.04 Å². The average Bonchev–Trinajstić information content (AvgIpc) is 3.04. The Morgan fingerprint density at radius 2 is 1.93 bits per heavy atom. The van der Waals surface area contributed by atoms with Gasteiger partial charge in [-0.2, -0.15) is 0 Å². The van der Waals surface area contributed by atoms with Crippen molar-refractivity contribution in [3.05, 3.63) is 10.4 Å². The number of rotatable bonds is 6. The minimum atomic E-state index is -1.15. The quantitative estimate of drug-likeness (QED) is 0.393. The van der Waals surface area contributed by atoms with Crippen molar-refractivity contribution in [2.75, 3.05) is 6.54 Å². The summed E-state index contributed by atoms with van der Waals surface area (Å²) in [6, 6.07) is -2.55. The Morgan fingerprint density at radius 3 is 2.48 bits per heavy atom. The second-order valence-corrected chi connectivity index (χ2v) is 8.88. The molecule has 1 saturated heterocycles. The van der Waals surface area contributed by atoms with E-state index in [1.54, 1.807) is 20.8 Å². The first kappa shape index (κ1) is 22.8. The van der Waals surface area contributed by atoms with E-state index in [0.717, 1.165) is 32.1 Å². The van der Waals surface area contributed by atoms with Crippen LogP contribution in [0.5, 0.6) is 0 Å². The van der Waals surface area contributed by atoms with Gasteiger partial charge in [0.2, 0.25) is 5.91 Å². The number of ether oxygens (including phenoxy) is 1. The van der Waals surface area contributed by atoms with Crippen molar-refractivity contribution >= 4 is 18.0 Å². The molecule has 0 spiro atoms. The normalized spacial score (nSPS) is 23.8. The van der Waals surface area contributed by atoms with Crippen LogP contribution in [0.15, 0.2) is 5.11 Å². The third-order valence-corrected chi connectivity index (χ3v) is 5.34. The third kappa shape index (κ3) is 6.81. The Balaban J connectivity index is 2.18. The highest BCUT2D eigenvalue weighted by molar-refractivity contribution is 5.90. The lowest BCUT2D eigenvalue weighted by molar-refractivity contribution is -0.149. The minimum Gasteiger partial charge on any atom is -0.480 e. The maximum absolute atomic E-state index is 13.2. The smallest absolute Gasteiger partial charge is 0.408 e. The summed E-state index contributed by atoms with van der Waals surface area (Å²) in [4.78, 5) is 41.2. The fourth-order valence-electron chi connectivity index (χ4n) is 4.08. The summed E-state index contributed by atoms with van der Waals surface area (Å²) in [5.41, 5.74) is 7.95. The van der Waals surface area contributed by atoms with Crippen LogP contribution in [0.3, 0.4) is 0 Å². The van der Waals surface area contributed by atoms with Crippen LogP contribution >= 0.6 is 0 Å². The molecular formula is C19H31N5O5. The summed E-state index contributed by atoms with van der Waals surface area (Å²) < 4.78 is 5.30. The number of hydrogen-bond donors (Lipinski definition) is 2. The summed E-state index contributed by atoms with van der Waals surface area (Å²) in [7, 11) is 0. The molecule has 0 bridgehead atoms. The molecule has 3 atom stereocenters. The van der Waals surface area contributed by atoms with Gasteiger partial charge in [-0.1, -0.05) is 37.2 Å². The zero-order valence-electron chi connectivity index (χ0n) is 17.3. The highest BCUT2D eigenvalue weighted by atomic mass is 16.6. The van der Waals surface area contributed by atoms with E-state index in [2.05, 4.69) is 15.3 Å². The number of hydrogen-bond acceptors (Lipinski definition) is 5. The highest BCUT2D eigenvalue weighted by Crippen LogP contribution is 2.29. The van der Waals surface area contributed by atoms with Crippen molar-refractivity contribution in [3.63, 3.8) is 0 Å². The van der Waals surface area contributed by atoms with Gasteiger partial charge in [-0.05, 0) is 45.1 Å². The van der Waals surface area contributed by atoms with Gasteiger partial charge in [0, 0.05) is 11.5 Å². The molecule has 0 radical (unpaired) electrons. The van der Waals surface area contributed by atoms with E-state index in [9.17, 15) is 19.5 Å². The van der Waals surface area contributed by atoms with E-state index < -0.39 is 41.7 Å². The number of carbonyl (C=O) groups is 3. The second-order valence-electron chi connectivity index (χ2n) is 8.88. The first-order valence-corrected chi connectivity index (χ1v) is 10.2. The summed E-state index contributed by atoms with van der Waals surface area (Å²) in [5, 5.41) is 15.8. The molecule has 1 aliphatic heterocycles. The molecule has 0 aromatic rings. The molecule has 0 aromatic carbocycles. The number of alkyl carbamates (subject to hydrolysis) is 1. The molecule has 10 heteroatoms. The van der Waals surface area contributed by atoms with Crippen molar-refractivity contribution < 1.29 is 24.2 Å². The van der Waals surface area contributed by atoms with Crippen molar-refractivity contribution in [2.24, 2.45) is 11.0 Å². The van der Waals surface area contributed by atoms with Crippen LogP contribution < -0.4 is 5.32 Å². The van der Waals surface area contributed by atoms with Crippen LogP contribution in [-0.2, 0) is 14.3 Å². The molecule has 2 rings (SSSR count). The van der Waals surface area contributed by atoms with E-state index in [4.69, 9.17) is 10.3 Å². The molecule has 2 amide bonds. The lowest BCUT2D eigenvalue weighted by Gasteiger charge is -2.31. The SMILES string of the molecule is CC(C)(C)OC(=O)N[C@H](CC1CCCCC1)C(=O)N1C[C@H](N=[N+]=[N-])C[C@H]1C(=O)O. The molecule has 162 valence electrons. The fraction of sp³-hybridized carbons (Fsp3) is 0.842. The van der Waals surface area contributed by atoms with Gasteiger partial charge in [0.1, 0.15) is 17.7 Å². The van der Waals surface area contributed by atoms with Crippen LogP contribution in [0.1, 0.15) is 65.7 Å². The largest absolute Gasteiger partial charge is 0.480 e. The van der Waals surface area contributed by atoms with E-state index in [0.29, 0.717) is 6.42 Å². The van der Waals surface area contributed by atoms with Gasteiger partial charge in [-0.25, -0.2) is 9.59 Å². The first-order chi connectivity index (χ1) is 13.6. The average molecular weight is 409 g/mol. The van der Waals surface area contributed by atoms with Crippen molar-refractivity contribution in [2.45, 2.75) is 89.4 Å². The van der Waals surface area contributed by atoms with Gasteiger partial charge >= 0.3 is 12.1 Å². The Bertz CT molecular complexity index is 664. The Kier molecular flexibility index (Phi) is 7.73. The summed E-state index contributed by atoms with van der Waals surface area (Å²) in [6.45, 7) is 5.22. The zero-order chi connectivity index (χ0) is 21.6. The van der Waals surface area contributed by atoms with Crippen molar-refractivity contribution in [1.82, 2.24) is 10.2 Å². The molecule has 1 aliphatic carbocycles. The summed E-state index contributed by atoms with van der Waals surface area (Å²) >= 11 is 0. The maximum Gasteiger partial charge on any atom is 0.408 e. The molecule has 1 heterocycles. The number of carboxylic acids is 1. The summed E-state index contributed by atoms with van der Waals surface area (Å²) in [5.74, 6) is -1.33. The van der Waals surface area contributed by atoms with Gasteiger partial charge in [0.25, 0.3) is 0 Å². The highest BCUT2D eigenvalue weighted by Gasteiger charge is 2.42. The predicted molar refractivity (Wildman–Crippen MR) is 105 cm³/mol. The van der Waals surface area contributed by atoms with E-state index in [1.807, 2.05) is 0 Å². The van der Waals surface area contributed by atoms with E-state index in [1.165, 1.54) is 4.90 Å². The monoisotopic (exact) mass is 409 g/mol. The topological polar surface area (TPSA) is 145 Å². The Labute approximate surface area is 170 Å². The molecule has 29 heavy (non-hydrogen) atoms. The number of carboxylic acid groups (broad SMARTS) is 1. The number of likely N-dealkylation sites (tertiary alicyclic amines) is 1. The fourth-order valence-corrected chi connectivity index (χ4v) is 4.08. The number of aliphatic carboxylic acids is 1. The molecule has 0 unspecified atom stereocenters. The third-order valence-electron chi connectivity index (χ3n) is 5.34. The molecule has 0 aromatic heterocycles. The molecule has 2 fully saturated rings. The predicted octanol–water partition coefficient (Wildman–Crippen LogP) is 3.21. The van der Waals surface area contributed by atoms with Crippen molar-refractivity contribution in [3.8, 4) is 0 Å². The molecular weight excluding hydrogens is 378 g/mol. The Morgan fingerprint density at radius 1 is 1.28 bits per heavy atom. The lowest BCUT2D eigenvalue weighted by atomic mass is 9.84. The lowest BCUT2D eigenvalue weighted by Crippen LogP contribution is -2.53. The van der Waals surface area contributed by atoms with Crippen LogP contribution in [0.2, 0.25) is 0 Å². The zero-order valence-corrected chi connectivity index (χ0v) is 17.3. The second kappa shape index (κ2) is 9.82. The number of nitrogens with zero attached hydrogens (tertiary/aromatic N) is 4. The molecule has 10 nitrogen and oxygen atoms in total. The van der Waals surface area contributed by atoms with E-state index in [-0.39, 0.29) is 18.9 Å². The maximum atomic E-state index is 13.2. The van der Waals surface area contributed by atoms with Gasteiger partial charge in [-0.15, -0.1) is 0 Å². The van der Waals surface area contributed by atoms with Gasteiger partial charge < -0.3 is 20.1 Å². The number of amides is 2. The standard InChI is InChI=1S/C19H31N5O5/c1-19(2,3)29-18(28)21-14(9-12-7-5-4-6-8-12)16(25)24-11-13(22-23-20)10-15(24)17(26)27/h12-15H,4-11H2,1-3H3,(H,21,28)(H,26,27)/t13-,14-,15+/m1/s1. The molecule has 2 aliphatic rings. The molecule has 2 N–H and O–H groups in total. The van der Waals surface area contributed by atoms with Gasteiger partial charge in [-0.3, -0.25) is 4.79 Å². The minimum absolute atomic E-state index is 0.0248. The van der Waals surface area contributed by atoms with Gasteiger partial charge in [0.15, 0.2) is 0 Å². The number of nitrogens with one attached hydrogen (secondary N) is 1. The summed E-state index contributed by atoms with van der Waals surface area (Å²) in [6.07, 6.45) is 5.07.